The third-order valence-electron chi connectivity index (χ3n) is 4.51. The van der Waals surface area contributed by atoms with E-state index < -0.39 is 23.3 Å². The highest BCUT2D eigenvalue weighted by Gasteiger charge is 2.16. The lowest BCUT2D eigenvalue weighted by Crippen LogP contribution is -2.01. The summed E-state index contributed by atoms with van der Waals surface area (Å²) < 4.78 is 66.7. The predicted octanol–water partition coefficient (Wildman–Crippen LogP) is 6.45. The van der Waals surface area contributed by atoms with Crippen LogP contribution in [0.2, 0.25) is 0 Å². The second-order valence-corrected chi connectivity index (χ2v) is 6.36. The zero-order valence-electron chi connectivity index (χ0n) is 16.1. The summed E-state index contributed by atoms with van der Waals surface area (Å²) in [5, 5.41) is 0. The molecule has 0 aliphatic carbocycles. The summed E-state index contributed by atoms with van der Waals surface area (Å²) in [6.45, 7) is 3.65. The van der Waals surface area contributed by atoms with Gasteiger partial charge in [-0.25, -0.2) is 8.78 Å². The van der Waals surface area contributed by atoms with E-state index in [9.17, 15) is 17.6 Å². The van der Waals surface area contributed by atoms with Crippen molar-refractivity contribution in [1.82, 2.24) is 0 Å². The number of aryl methyl sites for hydroxylation is 1. The molecule has 0 amide bonds. The maximum Gasteiger partial charge on any atom is 0.201 e. The number of hydrogen-bond acceptors (Lipinski definition) is 2. The van der Waals surface area contributed by atoms with Gasteiger partial charge in [0.25, 0.3) is 0 Å². The Bertz CT molecular complexity index is 1000. The third-order valence-corrected chi connectivity index (χ3v) is 4.51. The Balaban J connectivity index is 1.75. The van der Waals surface area contributed by atoms with E-state index >= 15 is 0 Å². The molecule has 29 heavy (non-hydrogen) atoms. The first kappa shape index (κ1) is 20.7. The van der Waals surface area contributed by atoms with Gasteiger partial charge in [0, 0.05) is 5.56 Å². The Morgan fingerprint density at radius 2 is 1.28 bits per heavy atom. The van der Waals surface area contributed by atoms with Gasteiger partial charge in [-0.1, -0.05) is 37.3 Å². The van der Waals surface area contributed by atoms with Gasteiger partial charge < -0.3 is 9.47 Å². The highest BCUT2D eigenvalue weighted by molar-refractivity contribution is 5.65. The fourth-order valence-electron chi connectivity index (χ4n) is 2.92. The number of hydrogen-bond donors (Lipinski definition) is 0. The Hall–Kier alpha value is -3.02. The zero-order valence-corrected chi connectivity index (χ0v) is 16.1. The highest BCUT2D eigenvalue weighted by atomic mass is 19.2. The van der Waals surface area contributed by atoms with Crippen LogP contribution in [-0.4, -0.2) is 6.61 Å². The molecule has 0 aromatic heterocycles. The summed E-state index contributed by atoms with van der Waals surface area (Å²) in [5.41, 5.74) is 1.52. The molecule has 152 valence electrons. The summed E-state index contributed by atoms with van der Waals surface area (Å²) in [4.78, 5) is 0. The van der Waals surface area contributed by atoms with Gasteiger partial charge >= 0.3 is 0 Å². The third kappa shape index (κ3) is 4.36. The van der Waals surface area contributed by atoms with E-state index in [4.69, 9.17) is 9.47 Å². The standard InChI is InChI=1S/C23H20F4O2/c1-3-15-9-11-19(22(26)20(15)24)29-13-14-5-7-16(8-6-14)17-10-12-18(28-4-2)23(27)21(17)25/h5-12H,3-4,13H2,1-2H3. The molecule has 0 heterocycles. The molecule has 3 aromatic carbocycles. The second kappa shape index (κ2) is 8.99. The molecule has 0 fully saturated rings. The van der Waals surface area contributed by atoms with Crippen molar-refractivity contribution in [1.29, 1.82) is 0 Å². The molecule has 2 nitrogen and oxygen atoms in total. The molecule has 0 spiro atoms. The van der Waals surface area contributed by atoms with Crippen molar-refractivity contribution in [2.75, 3.05) is 6.61 Å². The summed E-state index contributed by atoms with van der Waals surface area (Å²) >= 11 is 0. The van der Waals surface area contributed by atoms with E-state index in [1.165, 1.54) is 24.3 Å². The second-order valence-electron chi connectivity index (χ2n) is 6.36. The minimum absolute atomic E-state index is 0.00222. The number of ether oxygens (including phenoxy) is 2. The summed E-state index contributed by atoms with van der Waals surface area (Å²) in [5.74, 6) is -4.27. The first-order valence-electron chi connectivity index (χ1n) is 9.26. The quantitative estimate of drug-likeness (QED) is 0.421. The molecule has 0 N–H and O–H groups in total. The molecule has 0 unspecified atom stereocenters. The van der Waals surface area contributed by atoms with Crippen molar-refractivity contribution in [2.45, 2.75) is 26.9 Å². The highest BCUT2D eigenvalue weighted by Crippen LogP contribution is 2.30. The van der Waals surface area contributed by atoms with Crippen LogP contribution < -0.4 is 9.47 Å². The Kier molecular flexibility index (Phi) is 6.42. The molecule has 0 saturated heterocycles. The van der Waals surface area contributed by atoms with Crippen LogP contribution >= 0.6 is 0 Å². The minimum Gasteiger partial charge on any atom is -0.491 e. The molecule has 0 atom stereocenters. The molecule has 0 radical (unpaired) electrons. The number of benzene rings is 3. The lowest BCUT2D eigenvalue weighted by atomic mass is 10.0. The van der Waals surface area contributed by atoms with E-state index in [-0.39, 0.29) is 35.8 Å². The molecular weight excluding hydrogens is 384 g/mol. The maximum atomic E-state index is 14.3. The van der Waals surface area contributed by atoms with Crippen LogP contribution in [0.3, 0.4) is 0 Å². The average Bonchev–Trinajstić information content (AvgIpc) is 2.73. The van der Waals surface area contributed by atoms with E-state index in [1.54, 1.807) is 38.1 Å². The minimum atomic E-state index is -1.04. The van der Waals surface area contributed by atoms with Crippen LogP contribution in [-0.2, 0) is 13.0 Å². The molecular formula is C23H20F4O2. The summed E-state index contributed by atoms with van der Waals surface area (Å²) in [6.07, 6.45) is 0.382. The molecule has 6 heteroatoms. The van der Waals surface area contributed by atoms with Crippen molar-refractivity contribution < 1.29 is 27.0 Å². The number of halogens is 4. The van der Waals surface area contributed by atoms with E-state index in [0.717, 1.165) is 0 Å². The van der Waals surface area contributed by atoms with Crippen LogP contribution in [0, 0.1) is 23.3 Å². The van der Waals surface area contributed by atoms with Gasteiger partial charge in [-0.3, -0.25) is 0 Å². The molecule has 3 aromatic rings. The maximum absolute atomic E-state index is 14.3. The molecule has 3 rings (SSSR count). The lowest BCUT2D eigenvalue weighted by Gasteiger charge is -2.11. The van der Waals surface area contributed by atoms with Gasteiger partial charge in [0.15, 0.2) is 23.1 Å². The Labute approximate surface area is 166 Å². The van der Waals surface area contributed by atoms with Crippen LogP contribution in [0.25, 0.3) is 11.1 Å². The largest absolute Gasteiger partial charge is 0.491 e. The van der Waals surface area contributed by atoms with Crippen molar-refractivity contribution >= 4 is 0 Å². The smallest absolute Gasteiger partial charge is 0.201 e. The normalized spacial score (nSPS) is 10.8. The van der Waals surface area contributed by atoms with Crippen molar-refractivity contribution in [3.63, 3.8) is 0 Å². The lowest BCUT2D eigenvalue weighted by molar-refractivity contribution is 0.284. The van der Waals surface area contributed by atoms with Gasteiger partial charge in [0.1, 0.15) is 6.61 Å². The first-order chi connectivity index (χ1) is 14.0. The van der Waals surface area contributed by atoms with Gasteiger partial charge in [-0.05, 0) is 48.2 Å². The van der Waals surface area contributed by atoms with E-state index in [1.807, 2.05) is 0 Å². The van der Waals surface area contributed by atoms with E-state index in [2.05, 4.69) is 0 Å². The number of rotatable bonds is 7. The zero-order chi connectivity index (χ0) is 21.0. The van der Waals surface area contributed by atoms with Gasteiger partial charge in [0.2, 0.25) is 11.6 Å². The molecule has 0 bridgehead atoms. The van der Waals surface area contributed by atoms with Crippen LogP contribution in [0.5, 0.6) is 11.5 Å². The SMILES string of the molecule is CCOc1ccc(-c2ccc(COc3ccc(CC)c(F)c3F)cc2)c(F)c1F. The topological polar surface area (TPSA) is 18.5 Å². The van der Waals surface area contributed by atoms with Gasteiger partial charge in [-0.15, -0.1) is 0 Å². The van der Waals surface area contributed by atoms with Crippen molar-refractivity contribution in [2.24, 2.45) is 0 Å². The summed E-state index contributed by atoms with van der Waals surface area (Å²) in [7, 11) is 0. The fourth-order valence-corrected chi connectivity index (χ4v) is 2.92. The fraction of sp³-hybridized carbons (Fsp3) is 0.217. The molecule has 0 aliphatic rings. The van der Waals surface area contributed by atoms with Gasteiger partial charge in [-0.2, -0.15) is 8.78 Å². The van der Waals surface area contributed by atoms with Crippen molar-refractivity contribution in [3.05, 3.63) is 82.9 Å². The molecule has 0 aliphatic heterocycles. The first-order valence-corrected chi connectivity index (χ1v) is 9.26. The Morgan fingerprint density at radius 3 is 1.93 bits per heavy atom. The van der Waals surface area contributed by atoms with Crippen LogP contribution in [0.15, 0.2) is 48.5 Å². The average molecular weight is 404 g/mol. The molecule has 0 saturated carbocycles. The summed E-state index contributed by atoms with van der Waals surface area (Å²) in [6, 6.07) is 12.2. The van der Waals surface area contributed by atoms with Crippen LogP contribution in [0.4, 0.5) is 17.6 Å². The predicted molar refractivity (Wildman–Crippen MR) is 103 cm³/mol. The van der Waals surface area contributed by atoms with Crippen molar-refractivity contribution in [3.8, 4) is 22.6 Å². The van der Waals surface area contributed by atoms with Gasteiger partial charge in [0.05, 0.1) is 6.61 Å². The van der Waals surface area contributed by atoms with Crippen LogP contribution in [0.1, 0.15) is 25.0 Å². The van der Waals surface area contributed by atoms with E-state index in [0.29, 0.717) is 17.5 Å². The Morgan fingerprint density at radius 1 is 0.655 bits per heavy atom. The monoisotopic (exact) mass is 404 g/mol.